The normalized spacial score (nSPS) is 24.3. The number of fused-ring (bicyclic) bond motifs is 1. The van der Waals surface area contributed by atoms with Gasteiger partial charge in [0, 0.05) is 10.6 Å². The first-order chi connectivity index (χ1) is 13.9. The Balaban J connectivity index is 1.70. The lowest BCUT2D eigenvalue weighted by molar-refractivity contribution is -0.0511. The molecule has 10 nitrogen and oxygen atoms in total. The first kappa shape index (κ1) is 19.7. The zero-order chi connectivity index (χ0) is 20.7. The van der Waals surface area contributed by atoms with Gasteiger partial charge in [-0.05, 0) is 18.2 Å². The summed E-state index contributed by atoms with van der Waals surface area (Å²) in [5.41, 5.74) is 6.60. The summed E-state index contributed by atoms with van der Waals surface area (Å²) >= 11 is 5.90. The van der Waals surface area contributed by atoms with Crippen LogP contribution < -0.4 is 10.5 Å². The van der Waals surface area contributed by atoms with Gasteiger partial charge in [0.05, 0.1) is 12.9 Å². The van der Waals surface area contributed by atoms with Gasteiger partial charge >= 0.3 is 6.01 Å². The third-order valence-corrected chi connectivity index (χ3v) is 4.96. The van der Waals surface area contributed by atoms with E-state index in [-0.39, 0.29) is 39.3 Å². The Labute approximate surface area is 168 Å². The van der Waals surface area contributed by atoms with E-state index in [4.69, 9.17) is 26.8 Å². The molecule has 29 heavy (non-hydrogen) atoms. The first-order valence-corrected chi connectivity index (χ1v) is 8.95. The lowest BCUT2D eigenvalue weighted by Gasteiger charge is -2.16. The number of hydrogen-bond donors (Lipinski definition) is 4. The molecule has 12 heteroatoms. The molecule has 1 aromatic carbocycles. The summed E-state index contributed by atoms with van der Waals surface area (Å²) in [5.74, 6) is 0.259. The fourth-order valence-electron chi connectivity index (χ4n) is 3.08. The number of rotatable bonds is 5. The summed E-state index contributed by atoms with van der Waals surface area (Å²) < 4.78 is 25.5. The van der Waals surface area contributed by atoms with Crippen LogP contribution in [0, 0.1) is 0 Å². The average Bonchev–Trinajstić information content (AvgIpc) is 3.25. The quantitative estimate of drug-likeness (QED) is 0.468. The highest BCUT2D eigenvalue weighted by atomic mass is 35.5. The van der Waals surface area contributed by atoms with Crippen molar-refractivity contribution in [1.29, 1.82) is 0 Å². The van der Waals surface area contributed by atoms with Crippen molar-refractivity contribution in [1.82, 2.24) is 19.5 Å². The predicted octanol–water partition coefficient (Wildman–Crippen LogP) is 0.935. The van der Waals surface area contributed by atoms with Crippen LogP contribution in [0.15, 0.2) is 24.5 Å². The third kappa shape index (κ3) is 3.47. The number of aliphatic hydroxyl groups excluding tert-OH is 3. The number of alkyl halides is 1. The second kappa shape index (κ2) is 7.69. The number of benzene rings is 1. The van der Waals surface area contributed by atoms with E-state index < -0.39 is 37.8 Å². The third-order valence-electron chi connectivity index (χ3n) is 4.59. The molecule has 0 aliphatic carbocycles. The summed E-state index contributed by atoms with van der Waals surface area (Å²) in [4.78, 5) is 12.4. The molecule has 0 saturated carbocycles. The maximum atomic E-state index is 13.0. The maximum Gasteiger partial charge on any atom is 0.326 e. The van der Waals surface area contributed by atoms with Crippen LogP contribution in [-0.4, -0.2) is 59.8 Å². The van der Waals surface area contributed by atoms with Gasteiger partial charge in [-0.2, -0.15) is 9.97 Å². The number of anilines is 1. The Morgan fingerprint density at radius 1 is 1.28 bits per heavy atom. The number of ether oxygens (including phenoxy) is 2. The summed E-state index contributed by atoms with van der Waals surface area (Å²) in [6.07, 6.45) is -3.30. The highest BCUT2D eigenvalue weighted by Gasteiger charge is 2.44. The summed E-state index contributed by atoms with van der Waals surface area (Å²) in [6, 6.07) is 4.27. The highest BCUT2D eigenvalue weighted by molar-refractivity contribution is 6.31. The first-order valence-electron chi connectivity index (χ1n) is 8.57. The smallest absolute Gasteiger partial charge is 0.326 e. The van der Waals surface area contributed by atoms with Crippen molar-refractivity contribution < 1.29 is 29.2 Å². The van der Waals surface area contributed by atoms with Crippen molar-refractivity contribution in [3.05, 3.63) is 35.1 Å². The molecule has 4 atom stereocenters. The van der Waals surface area contributed by atoms with Crippen molar-refractivity contribution >= 4 is 28.6 Å². The van der Waals surface area contributed by atoms with Crippen LogP contribution in [0.2, 0.25) is 5.02 Å². The van der Waals surface area contributed by atoms with Crippen molar-refractivity contribution in [3.63, 3.8) is 0 Å². The van der Waals surface area contributed by atoms with E-state index in [0.29, 0.717) is 0 Å². The Hall–Kier alpha value is -2.57. The van der Waals surface area contributed by atoms with Crippen LogP contribution in [0.5, 0.6) is 11.8 Å². The molecule has 0 bridgehead atoms. The van der Waals surface area contributed by atoms with Gasteiger partial charge in [-0.1, -0.05) is 11.6 Å². The minimum atomic E-state index is -1.33. The molecule has 0 amide bonds. The topological polar surface area (TPSA) is 149 Å². The second-order valence-electron chi connectivity index (χ2n) is 6.43. The van der Waals surface area contributed by atoms with Gasteiger partial charge in [-0.15, -0.1) is 0 Å². The maximum absolute atomic E-state index is 13.0. The zero-order valence-corrected chi connectivity index (χ0v) is 15.6. The molecule has 3 aromatic rings. The second-order valence-corrected chi connectivity index (χ2v) is 6.84. The van der Waals surface area contributed by atoms with E-state index in [1.807, 2.05) is 0 Å². The Morgan fingerprint density at radius 3 is 2.76 bits per heavy atom. The standard InChI is InChI=1S/C17H17ClFN5O5/c18-9-2-1-8(3-7(9)4-19)28-17-22-14(20)11-15(23-17)24(6-21-11)16-13(27)12(26)10(5-25)29-16/h1-3,6,10,12-13,16,25-27H,4-5H2,(H2,20,22,23)/t10-,12-,13-,16-/m1/s1. The number of halogens is 2. The summed E-state index contributed by atoms with van der Waals surface area (Å²) in [6.45, 7) is -1.24. The van der Waals surface area contributed by atoms with E-state index >= 15 is 0 Å². The fraction of sp³-hybridized carbons (Fsp3) is 0.353. The zero-order valence-electron chi connectivity index (χ0n) is 14.8. The molecule has 1 fully saturated rings. The van der Waals surface area contributed by atoms with E-state index in [1.165, 1.54) is 29.1 Å². The fourth-order valence-corrected chi connectivity index (χ4v) is 3.25. The molecule has 154 valence electrons. The number of imidazole rings is 1. The predicted molar refractivity (Wildman–Crippen MR) is 99.1 cm³/mol. The molecule has 4 rings (SSSR count). The van der Waals surface area contributed by atoms with Crippen LogP contribution in [0.1, 0.15) is 11.8 Å². The molecule has 0 unspecified atom stereocenters. The van der Waals surface area contributed by atoms with Crippen LogP contribution in [0.25, 0.3) is 11.2 Å². The van der Waals surface area contributed by atoms with Gasteiger partial charge < -0.3 is 30.5 Å². The molecular formula is C17H17ClFN5O5. The lowest BCUT2D eigenvalue weighted by Crippen LogP contribution is -2.33. The van der Waals surface area contributed by atoms with Gasteiger partial charge in [-0.25, -0.2) is 9.37 Å². The minimum absolute atomic E-state index is 0.00942. The molecule has 0 spiro atoms. The average molecular weight is 426 g/mol. The van der Waals surface area contributed by atoms with Crippen molar-refractivity contribution in [3.8, 4) is 11.8 Å². The molecule has 3 heterocycles. The van der Waals surface area contributed by atoms with Crippen molar-refractivity contribution in [2.75, 3.05) is 12.3 Å². The summed E-state index contributed by atoms with van der Waals surface area (Å²) in [5, 5.41) is 29.8. The molecule has 1 aliphatic rings. The van der Waals surface area contributed by atoms with Gasteiger partial charge in [0.2, 0.25) is 0 Å². The van der Waals surface area contributed by atoms with Crippen molar-refractivity contribution in [2.45, 2.75) is 31.2 Å². The highest BCUT2D eigenvalue weighted by Crippen LogP contribution is 2.33. The van der Waals surface area contributed by atoms with Crippen molar-refractivity contribution in [2.24, 2.45) is 0 Å². The Kier molecular flexibility index (Phi) is 5.23. The monoisotopic (exact) mass is 425 g/mol. The minimum Gasteiger partial charge on any atom is -0.424 e. The Morgan fingerprint density at radius 2 is 2.07 bits per heavy atom. The van der Waals surface area contributed by atoms with Crippen LogP contribution in [0.4, 0.5) is 10.2 Å². The largest absolute Gasteiger partial charge is 0.424 e. The molecule has 1 aliphatic heterocycles. The van der Waals surface area contributed by atoms with Crippen LogP contribution >= 0.6 is 11.6 Å². The number of hydrogen-bond acceptors (Lipinski definition) is 9. The lowest BCUT2D eigenvalue weighted by atomic mass is 10.1. The van der Waals surface area contributed by atoms with Gasteiger partial charge in [0.1, 0.15) is 30.7 Å². The SMILES string of the molecule is Nc1nc(Oc2ccc(Cl)c(CF)c2)nc2c1ncn2[C@@H]1O[C@H](CO)[C@@H](O)[C@H]1O. The van der Waals surface area contributed by atoms with Gasteiger partial charge in [0.25, 0.3) is 0 Å². The van der Waals surface area contributed by atoms with E-state index in [9.17, 15) is 19.7 Å². The summed E-state index contributed by atoms with van der Waals surface area (Å²) in [7, 11) is 0. The van der Waals surface area contributed by atoms with E-state index in [0.717, 1.165) is 0 Å². The number of aromatic nitrogens is 4. The molecule has 1 saturated heterocycles. The van der Waals surface area contributed by atoms with Crippen LogP contribution in [0.3, 0.4) is 0 Å². The molecule has 5 N–H and O–H groups in total. The number of nitrogens with two attached hydrogens (primary N) is 1. The van der Waals surface area contributed by atoms with Crippen LogP contribution in [-0.2, 0) is 11.4 Å². The number of nitrogen functional groups attached to an aromatic ring is 1. The van der Waals surface area contributed by atoms with E-state index in [2.05, 4.69) is 15.0 Å². The number of nitrogens with zero attached hydrogens (tertiary/aromatic N) is 4. The van der Waals surface area contributed by atoms with Gasteiger partial charge in [-0.3, -0.25) is 4.57 Å². The molecule has 2 aromatic heterocycles. The van der Waals surface area contributed by atoms with Gasteiger partial charge in [0.15, 0.2) is 23.2 Å². The molecular weight excluding hydrogens is 409 g/mol. The van der Waals surface area contributed by atoms with E-state index in [1.54, 1.807) is 0 Å². The molecule has 0 radical (unpaired) electrons. The number of aliphatic hydroxyl groups is 3. The Bertz CT molecular complexity index is 1050.